The number of amides is 3. The second kappa shape index (κ2) is 10.4. The minimum Gasteiger partial charge on any atom is -0.491 e. The number of nitrogens with one attached hydrogen (secondary N) is 1. The molecule has 0 aromatic heterocycles. The summed E-state index contributed by atoms with van der Waals surface area (Å²) in [5.41, 5.74) is -2.22. The number of nitrogens with zero attached hydrogens (tertiary/aromatic N) is 1. The summed E-state index contributed by atoms with van der Waals surface area (Å²) in [6.07, 6.45) is -7.03. The largest absolute Gasteiger partial charge is 0.491 e. The Morgan fingerprint density at radius 1 is 1.10 bits per heavy atom. The lowest BCUT2D eigenvalue weighted by Crippen LogP contribution is -2.52. The van der Waals surface area contributed by atoms with Crippen molar-refractivity contribution < 1.29 is 47.2 Å². The van der Waals surface area contributed by atoms with Crippen LogP contribution in [0.25, 0.3) is 0 Å². The molecule has 2 aliphatic heterocycles. The fourth-order valence-electron chi connectivity index (χ4n) is 4.55. The number of halogens is 5. The van der Waals surface area contributed by atoms with Gasteiger partial charge in [-0.05, 0) is 62.1 Å². The Kier molecular flexibility index (Phi) is 7.13. The lowest BCUT2D eigenvalue weighted by atomic mass is 9.94. The first kappa shape index (κ1) is 26.8. The van der Waals surface area contributed by atoms with E-state index in [1.165, 1.54) is 18.2 Å². The van der Waals surface area contributed by atoms with Crippen LogP contribution in [0.5, 0.6) is 5.75 Å². The van der Waals surface area contributed by atoms with Crippen molar-refractivity contribution in [3.63, 3.8) is 0 Å². The topological polar surface area (TPSA) is 92.8 Å². The molecule has 0 saturated carbocycles. The number of benzene rings is 2. The first-order valence-corrected chi connectivity index (χ1v) is 12.1. The molecule has 3 amide bonds. The van der Waals surface area contributed by atoms with Crippen LogP contribution in [-0.4, -0.2) is 40.5 Å². The third-order valence-corrected chi connectivity index (χ3v) is 6.40. The van der Waals surface area contributed by atoms with Gasteiger partial charge in [0.2, 0.25) is 17.6 Å². The van der Waals surface area contributed by atoms with E-state index in [9.17, 15) is 32.3 Å². The van der Waals surface area contributed by atoms with Crippen molar-refractivity contribution in [2.75, 3.05) is 0 Å². The highest BCUT2D eigenvalue weighted by Gasteiger charge is 2.47. The van der Waals surface area contributed by atoms with Gasteiger partial charge < -0.3 is 9.64 Å². The first-order valence-electron chi connectivity index (χ1n) is 12.6. The van der Waals surface area contributed by atoms with Gasteiger partial charge in [0.05, 0.1) is 13.0 Å². The van der Waals surface area contributed by atoms with E-state index in [0.717, 1.165) is 11.0 Å². The van der Waals surface area contributed by atoms with Gasteiger partial charge in [0.15, 0.2) is 0 Å². The van der Waals surface area contributed by atoms with Crippen LogP contribution >= 0.6 is 0 Å². The number of hydrogen-bond acceptors (Lipinski definition) is 5. The number of Topliss-reactive ketones (excluding diaryl/α,β-unsaturated/α-hetero) is 1. The summed E-state index contributed by atoms with van der Waals surface area (Å²) in [6, 6.07) is 4.19. The second-order valence-corrected chi connectivity index (χ2v) is 9.58. The lowest BCUT2D eigenvalue weighted by molar-refractivity contribution is -0.151. The minimum atomic E-state index is -5.16. The van der Waals surface area contributed by atoms with Crippen LogP contribution < -0.4 is 10.1 Å². The Labute approximate surface area is 221 Å². The van der Waals surface area contributed by atoms with Crippen molar-refractivity contribution >= 4 is 23.5 Å². The number of alkyl halides is 5. The van der Waals surface area contributed by atoms with Crippen molar-refractivity contribution in [2.24, 2.45) is 0 Å². The summed E-state index contributed by atoms with van der Waals surface area (Å²) < 4.78 is 84.6. The van der Waals surface area contributed by atoms with Crippen molar-refractivity contribution in [1.82, 2.24) is 10.2 Å². The summed E-state index contributed by atoms with van der Waals surface area (Å²) in [7, 11) is 0. The quantitative estimate of drug-likeness (QED) is 0.383. The maximum Gasteiger partial charge on any atom is 0.417 e. The Hall–Kier alpha value is -3.83. The van der Waals surface area contributed by atoms with Crippen molar-refractivity contribution in [3.05, 3.63) is 64.2 Å². The molecule has 4 rings (SSSR count). The van der Waals surface area contributed by atoms with Gasteiger partial charge in [0.25, 0.3) is 5.91 Å². The molecule has 12 heteroatoms. The molecule has 0 radical (unpaired) electrons. The van der Waals surface area contributed by atoms with Gasteiger partial charge in [-0.1, -0.05) is 12.1 Å². The zero-order chi connectivity index (χ0) is 29.6. The molecule has 1 unspecified atom stereocenters. The number of ketones is 1. The number of fused-ring (bicyclic) bond motifs is 1. The molecule has 1 atom stereocenters. The summed E-state index contributed by atoms with van der Waals surface area (Å²) in [5, 5.41) is 2.05. The molecule has 0 bridgehead atoms. The van der Waals surface area contributed by atoms with E-state index in [4.69, 9.17) is 6.11 Å². The molecule has 0 spiro atoms. The maximum absolute atomic E-state index is 15.0. The molecule has 1 fully saturated rings. The zero-order valence-corrected chi connectivity index (χ0v) is 21.0. The monoisotopic (exact) mass is 553 g/mol. The number of rotatable bonds is 8. The van der Waals surface area contributed by atoms with E-state index in [2.05, 4.69) is 0 Å². The van der Waals surface area contributed by atoms with Gasteiger partial charge in [0.1, 0.15) is 11.8 Å². The lowest BCUT2D eigenvalue weighted by Gasteiger charge is -2.29. The maximum atomic E-state index is 15.0. The fourth-order valence-corrected chi connectivity index (χ4v) is 4.55. The van der Waals surface area contributed by atoms with Gasteiger partial charge >= 0.3 is 12.1 Å². The molecule has 0 aliphatic carbocycles. The fraction of sp³-hybridized carbons (Fsp3) is 0.407. The van der Waals surface area contributed by atoms with E-state index in [0.29, 0.717) is 23.3 Å². The predicted molar refractivity (Wildman–Crippen MR) is 127 cm³/mol. The van der Waals surface area contributed by atoms with Crippen molar-refractivity contribution in [3.8, 4) is 5.75 Å². The van der Waals surface area contributed by atoms with Crippen LogP contribution in [0, 0.1) is 0 Å². The number of imide groups is 1. The van der Waals surface area contributed by atoms with Crippen LogP contribution in [-0.2, 0) is 39.4 Å². The molecule has 2 aromatic rings. The van der Waals surface area contributed by atoms with Crippen LogP contribution in [0.15, 0.2) is 36.4 Å². The van der Waals surface area contributed by atoms with Gasteiger partial charge in [-0.3, -0.25) is 24.5 Å². The van der Waals surface area contributed by atoms with Crippen molar-refractivity contribution in [1.29, 1.82) is 0 Å². The number of carbonyl (C=O) groups is 4. The molecule has 39 heavy (non-hydrogen) atoms. The highest BCUT2D eigenvalue weighted by Crippen LogP contribution is 2.42. The third kappa shape index (κ3) is 5.79. The van der Waals surface area contributed by atoms with Gasteiger partial charge in [-0.2, -0.15) is 22.0 Å². The highest BCUT2D eigenvalue weighted by molar-refractivity contribution is 6.05. The Morgan fingerprint density at radius 3 is 2.46 bits per heavy atom. The number of piperidine rings is 1. The Morgan fingerprint density at radius 2 is 1.82 bits per heavy atom. The Balaban J connectivity index is 1.50. The zero-order valence-electron chi connectivity index (χ0n) is 22.0. The smallest absolute Gasteiger partial charge is 0.417 e. The average Bonchev–Trinajstić information content (AvgIpc) is 3.20. The molecule has 1 N–H and O–H groups in total. The van der Waals surface area contributed by atoms with Crippen LogP contribution in [0.3, 0.4) is 0 Å². The third-order valence-electron chi connectivity index (χ3n) is 6.40. The van der Waals surface area contributed by atoms with Gasteiger partial charge in [0, 0.05) is 30.5 Å². The number of hydrogen-bond donors (Lipinski definition) is 1. The normalized spacial score (nSPS) is 20.2. The second-order valence-electron chi connectivity index (χ2n) is 9.58. The molecule has 2 aromatic carbocycles. The summed E-state index contributed by atoms with van der Waals surface area (Å²) in [6.45, 7) is 2.97. The van der Waals surface area contributed by atoms with Gasteiger partial charge in [-0.25, -0.2) is 0 Å². The molecule has 2 heterocycles. The highest BCUT2D eigenvalue weighted by atomic mass is 19.4. The van der Waals surface area contributed by atoms with Crippen molar-refractivity contribution in [2.45, 2.75) is 70.3 Å². The van der Waals surface area contributed by atoms with E-state index in [-0.39, 0.29) is 37.1 Å². The van der Waals surface area contributed by atoms with Crippen LogP contribution in [0.1, 0.15) is 67.1 Å². The number of carbonyl (C=O) groups excluding carboxylic acids is 4. The van der Waals surface area contributed by atoms with E-state index < -0.39 is 65.3 Å². The van der Waals surface area contributed by atoms with Crippen LogP contribution in [0.4, 0.5) is 22.0 Å². The summed E-state index contributed by atoms with van der Waals surface area (Å²) in [4.78, 5) is 50.2. The summed E-state index contributed by atoms with van der Waals surface area (Å²) in [5.74, 6) is -8.52. The number of aryl methyl sites for hydroxylation is 1. The molecule has 7 nitrogen and oxygen atoms in total. The van der Waals surface area contributed by atoms with Gasteiger partial charge in [-0.15, -0.1) is 0 Å². The minimum absolute atomic E-state index is 0.125. The Bertz CT molecular complexity index is 1390. The predicted octanol–water partition coefficient (Wildman–Crippen LogP) is 4.55. The number of ether oxygens (including phenoxy) is 1. The molecule has 1 saturated heterocycles. The van der Waals surface area contributed by atoms with E-state index >= 15 is 8.78 Å². The van der Waals surface area contributed by atoms with E-state index in [1.807, 2.05) is 5.32 Å². The molecule has 208 valence electrons. The molecular formula is C27H25F5N2O5. The average molecular weight is 554 g/mol. The molecular weight excluding hydrogens is 527 g/mol. The molecule has 2 aliphatic rings. The van der Waals surface area contributed by atoms with Crippen LogP contribution in [0.2, 0.25) is 0 Å². The van der Waals surface area contributed by atoms with E-state index in [1.54, 1.807) is 13.8 Å². The first-order chi connectivity index (χ1) is 18.5. The summed E-state index contributed by atoms with van der Waals surface area (Å²) >= 11 is 0. The SMILES string of the molecule is [2H]C1(N2Cc3cc(CCC(=O)C(F)(F)c4ccc(OC(C)C)cc4C(F)(F)F)ccc3C2=O)CCC(=O)NC1=O. The standard InChI is InChI=1S/C27H25F5N2O5/c1-14(2)39-17-5-7-19(20(12-17)27(30,31)32)26(28,29)22(35)9-4-15-3-6-18-16(11-15)13-34(25(18)38)21-8-10-23(36)33-24(21)37/h3,5-7,11-12,14,21H,4,8-10,13H2,1-2H3,(H,33,36,37)/i21D.